The van der Waals surface area contributed by atoms with Crippen LogP contribution in [0, 0.1) is 5.41 Å². The van der Waals surface area contributed by atoms with E-state index in [4.69, 9.17) is 14.9 Å². The molecule has 1 fully saturated rings. The van der Waals surface area contributed by atoms with Gasteiger partial charge in [-0.3, -0.25) is 9.59 Å². The Morgan fingerprint density at radius 2 is 1.96 bits per heavy atom. The Bertz CT molecular complexity index is 830. The number of hydrogen-bond acceptors (Lipinski definition) is 5. The molecule has 2 atom stereocenters. The third-order valence-corrected chi connectivity index (χ3v) is 5.64. The summed E-state index contributed by atoms with van der Waals surface area (Å²) in [4.78, 5) is 24.6. The highest BCUT2D eigenvalue weighted by molar-refractivity contribution is 6.02. The van der Waals surface area contributed by atoms with Gasteiger partial charge in [0.1, 0.15) is 5.54 Å². The first kappa shape index (κ1) is 20.1. The van der Waals surface area contributed by atoms with Crippen molar-refractivity contribution in [1.82, 2.24) is 5.32 Å². The monoisotopic (exact) mass is 385 g/mol. The summed E-state index contributed by atoms with van der Waals surface area (Å²) in [5, 5.41) is 5.67. The second-order valence-electron chi connectivity index (χ2n) is 7.65. The second-order valence-corrected chi connectivity index (χ2v) is 7.65. The third-order valence-electron chi connectivity index (χ3n) is 5.64. The van der Waals surface area contributed by atoms with Crippen LogP contribution in [0.4, 0.5) is 5.69 Å². The van der Waals surface area contributed by atoms with Crippen molar-refractivity contribution in [3.05, 3.63) is 54.0 Å². The number of carbonyl (C=O) groups is 2. The number of anilines is 1. The average molecular weight is 385 g/mol. The van der Waals surface area contributed by atoms with Crippen LogP contribution in [0.15, 0.2) is 47.1 Å². The van der Waals surface area contributed by atoms with Gasteiger partial charge in [0.25, 0.3) is 5.91 Å². The summed E-state index contributed by atoms with van der Waals surface area (Å²) >= 11 is 0. The van der Waals surface area contributed by atoms with Gasteiger partial charge in [0.05, 0.1) is 12.4 Å². The summed E-state index contributed by atoms with van der Waals surface area (Å²) in [6.45, 7) is 6.83. The van der Waals surface area contributed by atoms with Crippen LogP contribution in [0.1, 0.15) is 43.3 Å². The van der Waals surface area contributed by atoms with E-state index in [1.807, 2.05) is 32.9 Å². The van der Waals surface area contributed by atoms with Crippen LogP contribution in [0.2, 0.25) is 0 Å². The zero-order valence-corrected chi connectivity index (χ0v) is 16.5. The zero-order chi connectivity index (χ0) is 20.4. The molecule has 28 heavy (non-hydrogen) atoms. The van der Waals surface area contributed by atoms with E-state index in [0.29, 0.717) is 25.3 Å². The fourth-order valence-electron chi connectivity index (χ4n) is 3.47. The molecule has 2 amide bonds. The lowest BCUT2D eigenvalue weighted by atomic mass is 9.54. The number of benzene rings is 1. The normalized spacial score (nSPS) is 22.9. The molecular formula is C21H27N3O4. The van der Waals surface area contributed by atoms with E-state index in [2.05, 4.69) is 10.6 Å². The first-order valence-corrected chi connectivity index (χ1v) is 9.40. The standard InChI is InChI=1S/C21H27N3O4/c1-4-27-17-12-21(22,20(17,2)3)19(26)23-13-14-7-9-15(10-8-14)24-18(25)16-6-5-11-28-16/h5-11,17H,4,12-13,22H2,1-3H3,(H,23,26)(H,24,25). The highest BCUT2D eigenvalue weighted by Gasteiger charge is 2.62. The first-order chi connectivity index (χ1) is 13.3. The number of amides is 2. The van der Waals surface area contributed by atoms with E-state index < -0.39 is 11.0 Å². The molecule has 2 aromatic rings. The number of furan rings is 1. The van der Waals surface area contributed by atoms with Crippen molar-refractivity contribution < 1.29 is 18.7 Å². The average Bonchev–Trinajstić information content (AvgIpc) is 3.22. The fraction of sp³-hybridized carbons (Fsp3) is 0.429. The lowest BCUT2D eigenvalue weighted by molar-refractivity contribution is -0.170. The van der Waals surface area contributed by atoms with Crippen LogP contribution in [-0.2, 0) is 16.1 Å². The molecule has 2 unspecified atom stereocenters. The van der Waals surface area contributed by atoms with Gasteiger partial charge in [0.2, 0.25) is 5.91 Å². The largest absolute Gasteiger partial charge is 0.459 e. The molecule has 1 saturated carbocycles. The number of nitrogens with one attached hydrogen (secondary N) is 2. The van der Waals surface area contributed by atoms with Crippen molar-refractivity contribution in [1.29, 1.82) is 0 Å². The predicted molar refractivity (Wildman–Crippen MR) is 106 cm³/mol. The molecule has 1 aromatic heterocycles. The fourth-order valence-corrected chi connectivity index (χ4v) is 3.47. The van der Waals surface area contributed by atoms with Crippen molar-refractivity contribution in [3.63, 3.8) is 0 Å². The zero-order valence-electron chi connectivity index (χ0n) is 16.5. The van der Waals surface area contributed by atoms with Crippen LogP contribution < -0.4 is 16.4 Å². The number of nitrogens with two attached hydrogens (primary N) is 1. The van der Waals surface area contributed by atoms with Gasteiger partial charge in [-0.05, 0) is 36.8 Å². The summed E-state index contributed by atoms with van der Waals surface area (Å²) in [6.07, 6.45) is 1.95. The van der Waals surface area contributed by atoms with E-state index >= 15 is 0 Å². The highest BCUT2D eigenvalue weighted by atomic mass is 16.5. The van der Waals surface area contributed by atoms with Crippen molar-refractivity contribution in [2.45, 2.75) is 45.4 Å². The smallest absolute Gasteiger partial charge is 0.291 e. The quantitative estimate of drug-likeness (QED) is 0.679. The maximum absolute atomic E-state index is 12.7. The van der Waals surface area contributed by atoms with Gasteiger partial charge in [-0.1, -0.05) is 26.0 Å². The Hall–Kier alpha value is -2.64. The molecule has 1 aromatic carbocycles. The van der Waals surface area contributed by atoms with Crippen molar-refractivity contribution in [2.24, 2.45) is 11.1 Å². The van der Waals surface area contributed by atoms with E-state index in [1.54, 1.807) is 24.3 Å². The van der Waals surface area contributed by atoms with Crippen molar-refractivity contribution in [2.75, 3.05) is 11.9 Å². The molecular weight excluding hydrogens is 358 g/mol. The van der Waals surface area contributed by atoms with Gasteiger partial charge in [0.15, 0.2) is 5.76 Å². The number of carbonyl (C=O) groups excluding carboxylic acids is 2. The molecule has 0 bridgehead atoms. The summed E-state index contributed by atoms with van der Waals surface area (Å²) in [6, 6.07) is 10.5. The Labute approximate surface area is 164 Å². The minimum atomic E-state index is -0.941. The van der Waals surface area contributed by atoms with Gasteiger partial charge in [-0.2, -0.15) is 0 Å². The molecule has 7 heteroatoms. The molecule has 0 spiro atoms. The number of hydrogen-bond donors (Lipinski definition) is 3. The summed E-state index contributed by atoms with van der Waals surface area (Å²) in [7, 11) is 0. The molecule has 1 aliphatic rings. The molecule has 7 nitrogen and oxygen atoms in total. The van der Waals surface area contributed by atoms with Gasteiger partial charge in [-0.25, -0.2) is 0 Å². The molecule has 1 aliphatic carbocycles. The lowest BCUT2D eigenvalue weighted by Crippen LogP contribution is -2.75. The Kier molecular flexibility index (Phi) is 5.58. The molecule has 3 rings (SSSR count). The maximum Gasteiger partial charge on any atom is 0.291 e. The van der Waals surface area contributed by atoms with Crippen LogP contribution in [-0.4, -0.2) is 30.1 Å². The summed E-state index contributed by atoms with van der Waals surface area (Å²) < 4.78 is 10.7. The van der Waals surface area contributed by atoms with Gasteiger partial charge >= 0.3 is 0 Å². The van der Waals surface area contributed by atoms with Gasteiger partial charge in [0, 0.05) is 30.7 Å². The van der Waals surface area contributed by atoms with Crippen molar-refractivity contribution >= 4 is 17.5 Å². The van der Waals surface area contributed by atoms with Crippen molar-refractivity contribution in [3.8, 4) is 0 Å². The second kappa shape index (κ2) is 7.77. The third kappa shape index (κ3) is 3.68. The van der Waals surface area contributed by atoms with E-state index in [9.17, 15) is 9.59 Å². The van der Waals surface area contributed by atoms with E-state index in [0.717, 1.165) is 5.56 Å². The topological polar surface area (TPSA) is 107 Å². The molecule has 0 radical (unpaired) electrons. The molecule has 4 N–H and O–H groups in total. The van der Waals surface area contributed by atoms with Gasteiger partial charge < -0.3 is 25.5 Å². The lowest BCUT2D eigenvalue weighted by Gasteiger charge is -2.57. The Balaban J connectivity index is 1.54. The minimum absolute atomic E-state index is 0.00898. The number of ether oxygens (including phenoxy) is 1. The van der Waals surface area contributed by atoms with Crippen LogP contribution in [0.25, 0.3) is 0 Å². The SMILES string of the molecule is CCOC1CC(N)(C(=O)NCc2ccc(NC(=O)c3ccco3)cc2)C1(C)C. The minimum Gasteiger partial charge on any atom is -0.459 e. The number of rotatable bonds is 7. The van der Waals surface area contributed by atoms with Crippen LogP contribution in [0.3, 0.4) is 0 Å². The highest BCUT2D eigenvalue weighted by Crippen LogP contribution is 2.49. The van der Waals surface area contributed by atoms with E-state index in [1.165, 1.54) is 6.26 Å². The summed E-state index contributed by atoms with van der Waals surface area (Å²) in [5.41, 5.74) is 6.58. The molecule has 0 saturated heterocycles. The first-order valence-electron chi connectivity index (χ1n) is 9.40. The molecule has 150 valence electrons. The summed E-state index contributed by atoms with van der Waals surface area (Å²) in [5.74, 6) is -0.242. The van der Waals surface area contributed by atoms with Crippen LogP contribution in [0.5, 0.6) is 0 Å². The predicted octanol–water partition coefficient (Wildman–Crippen LogP) is 2.68. The van der Waals surface area contributed by atoms with E-state index in [-0.39, 0.29) is 23.7 Å². The Morgan fingerprint density at radius 3 is 2.54 bits per heavy atom. The maximum atomic E-state index is 12.7. The van der Waals surface area contributed by atoms with Crippen LogP contribution >= 0.6 is 0 Å². The Morgan fingerprint density at radius 1 is 1.25 bits per heavy atom. The molecule has 0 aliphatic heterocycles. The molecule has 1 heterocycles. The van der Waals surface area contributed by atoms with Gasteiger partial charge in [-0.15, -0.1) is 0 Å².